The summed E-state index contributed by atoms with van der Waals surface area (Å²) in [5.74, 6) is -1.51. The number of thiocarbonyl (C=S) groups is 1. The summed E-state index contributed by atoms with van der Waals surface area (Å²) in [7, 11) is -3.76. The maximum Gasteiger partial charge on any atom is 0.322 e. The second-order valence-corrected chi connectivity index (χ2v) is 5.65. The van der Waals surface area contributed by atoms with Gasteiger partial charge < -0.3 is 10.5 Å². The van der Waals surface area contributed by atoms with Gasteiger partial charge in [0.25, 0.3) is 0 Å². The largest absolute Gasteiger partial charge is 0.465 e. The van der Waals surface area contributed by atoms with E-state index in [0.717, 1.165) is 6.42 Å². The van der Waals surface area contributed by atoms with E-state index in [4.69, 9.17) is 18.0 Å². The fraction of sp³-hybridized carbons (Fsp3) is 0.778. The highest BCUT2D eigenvalue weighted by Gasteiger charge is 2.22. The van der Waals surface area contributed by atoms with E-state index < -0.39 is 27.8 Å². The first-order chi connectivity index (χ1) is 7.82. The number of hydrogen-bond acceptors (Lipinski definition) is 5. The fourth-order valence-electron chi connectivity index (χ4n) is 1.16. The minimum atomic E-state index is -3.76. The average Bonchev–Trinajstić information content (AvgIpc) is 2.15. The topological polar surface area (TPSA) is 98.5 Å². The molecule has 0 amide bonds. The molecule has 0 fully saturated rings. The summed E-state index contributed by atoms with van der Waals surface area (Å²) in [6.07, 6.45) is 1.22. The molecule has 0 aromatic carbocycles. The molecule has 100 valence electrons. The quantitative estimate of drug-likeness (QED) is 0.477. The molecule has 0 aromatic heterocycles. The molecule has 17 heavy (non-hydrogen) atoms. The summed E-state index contributed by atoms with van der Waals surface area (Å²) >= 11 is 4.75. The summed E-state index contributed by atoms with van der Waals surface area (Å²) in [6, 6.07) is -0.616. The number of hydrogen-bond donors (Lipinski definition) is 2. The Morgan fingerprint density at radius 3 is 2.47 bits per heavy atom. The van der Waals surface area contributed by atoms with E-state index in [9.17, 15) is 13.2 Å². The Morgan fingerprint density at radius 1 is 1.47 bits per heavy atom. The molecule has 0 saturated heterocycles. The van der Waals surface area contributed by atoms with Gasteiger partial charge >= 0.3 is 5.97 Å². The number of carbonyl (C=O) groups is 1. The van der Waals surface area contributed by atoms with Gasteiger partial charge in [0.1, 0.15) is 0 Å². The van der Waals surface area contributed by atoms with Crippen LogP contribution in [0.25, 0.3) is 0 Å². The van der Waals surface area contributed by atoms with Crippen LogP contribution in [-0.4, -0.2) is 37.8 Å². The number of ether oxygens (including phenoxy) is 1. The van der Waals surface area contributed by atoms with E-state index in [1.807, 2.05) is 6.92 Å². The lowest BCUT2D eigenvalue weighted by molar-refractivity contribution is -0.139. The van der Waals surface area contributed by atoms with Crippen molar-refractivity contribution < 1.29 is 17.9 Å². The van der Waals surface area contributed by atoms with Gasteiger partial charge in [0, 0.05) is 0 Å². The molecule has 1 atom stereocenters. The maximum absolute atomic E-state index is 11.6. The lowest BCUT2D eigenvalue weighted by atomic mass is 10.2. The van der Waals surface area contributed by atoms with Crippen LogP contribution >= 0.6 is 12.2 Å². The second-order valence-electron chi connectivity index (χ2n) is 3.43. The standard InChI is InChI=1S/C9H18N2O4S2/c1-3-5-7(9(10)16)11-17(13,14)6-8(12)15-4-2/h7,11H,3-6H2,1-2H3,(H2,10,16). The molecule has 0 aliphatic rings. The van der Waals surface area contributed by atoms with Crippen LogP contribution in [0.1, 0.15) is 26.7 Å². The first-order valence-corrected chi connectivity index (χ1v) is 7.33. The third-order valence-corrected chi connectivity index (χ3v) is 3.40. The molecule has 0 spiro atoms. The molecule has 0 aliphatic carbocycles. The Labute approximate surface area is 107 Å². The highest BCUT2D eigenvalue weighted by Crippen LogP contribution is 2.00. The highest BCUT2D eigenvalue weighted by molar-refractivity contribution is 7.90. The zero-order chi connectivity index (χ0) is 13.5. The molecule has 0 aliphatic heterocycles. The fourth-order valence-corrected chi connectivity index (χ4v) is 2.57. The van der Waals surface area contributed by atoms with Gasteiger partial charge in [-0.2, -0.15) is 0 Å². The van der Waals surface area contributed by atoms with Crippen LogP contribution in [0.5, 0.6) is 0 Å². The molecular weight excluding hydrogens is 264 g/mol. The van der Waals surface area contributed by atoms with Gasteiger partial charge in [0.05, 0.1) is 17.6 Å². The lowest BCUT2D eigenvalue weighted by Crippen LogP contribution is -2.45. The Hall–Kier alpha value is -0.730. The van der Waals surface area contributed by atoms with Crippen molar-refractivity contribution in [3.05, 3.63) is 0 Å². The third kappa shape index (κ3) is 7.24. The molecule has 0 aromatic rings. The number of carbonyl (C=O) groups excluding carboxylic acids is 1. The molecule has 1 unspecified atom stereocenters. The van der Waals surface area contributed by atoms with Crippen LogP contribution in [0.2, 0.25) is 0 Å². The van der Waals surface area contributed by atoms with Gasteiger partial charge in [-0.3, -0.25) is 4.79 Å². The van der Waals surface area contributed by atoms with Crippen molar-refractivity contribution in [1.29, 1.82) is 0 Å². The normalized spacial score (nSPS) is 13.1. The SMILES string of the molecule is CCCC(NS(=O)(=O)CC(=O)OCC)C(N)=S. The molecule has 0 rings (SSSR count). The van der Waals surface area contributed by atoms with Crippen molar-refractivity contribution in [2.45, 2.75) is 32.7 Å². The van der Waals surface area contributed by atoms with Crippen LogP contribution in [0, 0.1) is 0 Å². The lowest BCUT2D eigenvalue weighted by Gasteiger charge is -2.16. The van der Waals surface area contributed by atoms with Crippen LogP contribution < -0.4 is 10.5 Å². The zero-order valence-corrected chi connectivity index (χ0v) is 11.6. The van der Waals surface area contributed by atoms with Crippen molar-refractivity contribution in [3.63, 3.8) is 0 Å². The first-order valence-electron chi connectivity index (χ1n) is 5.27. The van der Waals surface area contributed by atoms with Gasteiger partial charge in [-0.25, -0.2) is 13.1 Å². The number of rotatable bonds is 8. The van der Waals surface area contributed by atoms with Crippen LogP contribution in [0.4, 0.5) is 0 Å². The first kappa shape index (κ1) is 16.3. The minimum Gasteiger partial charge on any atom is -0.465 e. The summed E-state index contributed by atoms with van der Waals surface area (Å²) in [5.41, 5.74) is 5.41. The van der Waals surface area contributed by atoms with Crippen LogP contribution in [0.3, 0.4) is 0 Å². The van der Waals surface area contributed by atoms with Gasteiger partial charge in [0.2, 0.25) is 10.0 Å². The second kappa shape index (κ2) is 7.57. The van der Waals surface area contributed by atoms with Gasteiger partial charge in [-0.1, -0.05) is 25.6 Å². The van der Waals surface area contributed by atoms with E-state index in [1.54, 1.807) is 6.92 Å². The predicted molar refractivity (Wildman–Crippen MR) is 69.0 cm³/mol. The van der Waals surface area contributed by atoms with E-state index in [2.05, 4.69) is 9.46 Å². The van der Waals surface area contributed by atoms with Crippen LogP contribution in [0.15, 0.2) is 0 Å². The average molecular weight is 282 g/mol. The maximum atomic E-state index is 11.6. The summed E-state index contributed by atoms with van der Waals surface area (Å²) in [5, 5.41) is 0. The minimum absolute atomic E-state index is 0.0688. The summed E-state index contributed by atoms with van der Waals surface area (Å²) < 4.78 is 30.0. The molecule has 6 nitrogen and oxygen atoms in total. The molecule has 8 heteroatoms. The zero-order valence-electron chi connectivity index (χ0n) is 9.93. The highest BCUT2D eigenvalue weighted by atomic mass is 32.2. The smallest absolute Gasteiger partial charge is 0.322 e. The van der Waals surface area contributed by atoms with E-state index >= 15 is 0 Å². The number of nitrogens with one attached hydrogen (secondary N) is 1. The summed E-state index contributed by atoms with van der Waals surface area (Å²) in [6.45, 7) is 3.62. The molecule has 0 heterocycles. The van der Waals surface area contributed by atoms with E-state index in [-0.39, 0.29) is 11.6 Å². The third-order valence-electron chi connectivity index (χ3n) is 1.86. The Morgan fingerprint density at radius 2 is 2.06 bits per heavy atom. The van der Waals surface area contributed by atoms with Crippen molar-refractivity contribution >= 4 is 33.2 Å². The summed E-state index contributed by atoms with van der Waals surface area (Å²) in [4.78, 5) is 11.1. The molecule has 3 N–H and O–H groups in total. The van der Waals surface area contributed by atoms with Crippen molar-refractivity contribution in [3.8, 4) is 0 Å². The van der Waals surface area contributed by atoms with Crippen molar-refractivity contribution in [2.24, 2.45) is 5.73 Å². The van der Waals surface area contributed by atoms with E-state index in [1.165, 1.54) is 0 Å². The predicted octanol–water partition coefficient (Wildman–Crippen LogP) is -0.0763. The Kier molecular flexibility index (Phi) is 7.24. The van der Waals surface area contributed by atoms with Crippen LogP contribution in [-0.2, 0) is 19.6 Å². The van der Waals surface area contributed by atoms with Crippen molar-refractivity contribution in [1.82, 2.24) is 4.72 Å². The van der Waals surface area contributed by atoms with Crippen molar-refractivity contribution in [2.75, 3.05) is 12.4 Å². The molecule has 0 radical (unpaired) electrons. The molecular formula is C9H18N2O4S2. The monoisotopic (exact) mass is 282 g/mol. The van der Waals surface area contributed by atoms with E-state index in [0.29, 0.717) is 6.42 Å². The molecule has 0 saturated carbocycles. The Balaban J connectivity index is 4.50. The number of sulfonamides is 1. The number of nitrogens with two attached hydrogens (primary N) is 1. The van der Waals surface area contributed by atoms with Gasteiger partial charge in [-0.05, 0) is 13.3 Å². The van der Waals surface area contributed by atoms with Gasteiger partial charge in [-0.15, -0.1) is 0 Å². The Bertz CT molecular complexity index is 367. The van der Waals surface area contributed by atoms with Gasteiger partial charge in [0.15, 0.2) is 5.75 Å². The molecule has 0 bridgehead atoms. The number of esters is 1.